The summed E-state index contributed by atoms with van der Waals surface area (Å²) in [7, 11) is 0. The molecule has 1 aliphatic carbocycles. The molecule has 1 heterocycles. The third kappa shape index (κ3) is 1.35. The van der Waals surface area contributed by atoms with Gasteiger partial charge in [0.25, 0.3) is 0 Å². The van der Waals surface area contributed by atoms with E-state index >= 15 is 0 Å². The molecule has 1 aliphatic heterocycles. The van der Waals surface area contributed by atoms with Crippen molar-refractivity contribution in [1.82, 2.24) is 5.32 Å². The SMILES string of the molecule is Clc1cccc2c1CCNC1(CC1)C2. The van der Waals surface area contributed by atoms with Gasteiger partial charge in [-0.15, -0.1) is 0 Å². The Morgan fingerprint density at radius 1 is 1.29 bits per heavy atom. The first-order chi connectivity index (χ1) is 6.79. The van der Waals surface area contributed by atoms with E-state index in [-0.39, 0.29) is 0 Å². The van der Waals surface area contributed by atoms with E-state index in [0.717, 1.165) is 18.0 Å². The van der Waals surface area contributed by atoms with Gasteiger partial charge in [0, 0.05) is 10.6 Å². The molecule has 1 fully saturated rings. The van der Waals surface area contributed by atoms with Gasteiger partial charge >= 0.3 is 0 Å². The Morgan fingerprint density at radius 2 is 2.14 bits per heavy atom. The molecule has 0 saturated heterocycles. The fourth-order valence-corrected chi connectivity index (χ4v) is 2.72. The van der Waals surface area contributed by atoms with Crippen molar-refractivity contribution in [3.8, 4) is 0 Å². The van der Waals surface area contributed by atoms with E-state index in [1.165, 1.54) is 30.4 Å². The number of benzene rings is 1. The van der Waals surface area contributed by atoms with Crippen molar-refractivity contribution in [2.45, 2.75) is 31.2 Å². The molecule has 2 aliphatic rings. The first-order valence-electron chi connectivity index (χ1n) is 5.30. The van der Waals surface area contributed by atoms with Gasteiger partial charge in [-0.3, -0.25) is 0 Å². The molecular formula is C12H14ClN. The molecule has 1 spiro atoms. The molecule has 0 bridgehead atoms. The summed E-state index contributed by atoms with van der Waals surface area (Å²) < 4.78 is 0. The maximum absolute atomic E-state index is 6.20. The summed E-state index contributed by atoms with van der Waals surface area (Å²) >= 11 is 6.20. The van der Waals surface area contributed by atoms with Crippen LogP contribution in [0.2, 0.25) is 5.02 Å². The van der Waals surface area contributed by atoms with Gasteiger partial charge in [-0.1, -0.05) is 23.7 Å². The molecule has 0 aromatic heterocycles. The average molecular weight is 208 g/mol. The molecule has 1 aromatic carbocycles. The third-order valence-corrected chi connectivity index (χ3v) is 3.83. The summed E-state index contributed by atoms with van der Waals surface area (Å²) in [6, 6.07) is 6.31. The molecule has 1 aromatic rings. The fraction of sp³-hybridized carbons (Fsp3) is 0.500. The lowest BCUT2D eigenvalue weighted by Gasteiger charge is -2.13. The Labute approximate surface area is 89.5 Å². The second-order valence-electron chi connectivity index (χ2n) is 4.51. The number of fused-ring (bicyclic) bond motifs is 1. The van der Waals surface area contributed by atoms with Gasteiger partial charge in [-0.05, 0) is 49.4 Å². The summed E-state index contributed by atoms with van der Waals surface area (Å²) in [6.07, 6.45) is 4.91. The summed E-state index contributed by atoms with van der Waals surface area (Å²) in [6.45, 7) is 1.08. The highest BCUT2D eigenvalue weighted by Crippen LogP contribution is 2.41. The number of hydrogen-bond donors (Lipinski definition) is 1. The lowest BCUT2D eigenvalue weighted by molar-refractivity contribution is 0.514. The van der Waals surface area contributed by atoms with Crippen LogP contribution < -0.4 is 5.32 Å². The third-order valence-electron chi connectivity index (χ3n) is 3.47. The van der Waals surface area contributed by atoms with E-state index in [4.69, 9.17) is 11.6 Å². The van der Waals surface area contributed by atoms with Crippen LogP contribution in [0.4, 0.5) is 0 Å². The van der Waals surface area contributed by atoms with Crippen molar-refractivity contribution in [3.05, 3.63) is 34.3 Å². The van der Waals surface area contributed by atoms with Gasteiger partial charge in [-0.2, -0.15) is 0 Å². The summed E-state index contributed by atoms with van der Waals surface area (Å²) in [5, 5.41) is 4.59. The molecular weight excluding hydrogens is 194 g/mol. The van der Waals surface area contributed by atoms with Crippen molar-refractivity contribution in [2.24, 2.45) is 0 Å². The number of rotatable bonds is 0. The van der Waals surface area contributed by atoms with Crippen LogP contribution in [0.3, 0.4) is 0 Å². The zero-order chi connectivity index (χ0) is 9.60. The molecule has 2 heteroatoms. The average Bonchev–Trinajstić information content (AvgIpc) is 2.93. The monoisotopic (exact) mass is 207 g/mol. The lowest BCUT2D eigenvalue weighted by atomic mass is 9.99. The van der Waals surface area contributed by atoms with E-state index in [2.05, 4.69) is 17.4 Å². The number of hydrogen-bond acceptors (Lipinski definition) is 1. The Balaban J connectivity index is 2.03. The van der Waals surface area contributed by atoms with E-state index in [1.807, 2.05) is 6.07 Å². The molecule has 1 nitrogen and oxygen atoms in total. The molecule has 1 N–H and O–H groups in total. The normalized spacial score (nSPS) is 22.9. The van der Waals surface area contributed by atoms with Crippen LogP contribution in [-0.4, -0.2) is 12.1 Å². The Morgan fingerprint density at radius 3 is 2.93 bits per heavy atom. The Hall–Kier alpha value is -0.530. The number of nitrogens with one attached hydrogen (secondary N) is 1. The minimum absolute atomic E-state index is 0.440. The van der Waals surface area contributed by atoms with Gasteiger partial charge in [0.2, 0.25) is 0 Å². The van der Waals surface area contributed by atoms with Crippen LogP contribution in [-0.2, 0) is 12.8 Å². The maximum atomic E-state index is 6.20. The zero-order valence-electron chi connectivity index (χ0n) is 8.15. The van der Waals surface area contributed by atoms with Crippen molar-refractivity contribution in [3.63, 3.8) is 0 Å². The molecule has 0 radical (unpaired) electrons. The van der Waals surface area contributed by atoms with Crippen molar-refractivity contribution >= 4 is 11.6 Å². The molecule has 0 atom stereocenters. The van der Waals surface area contributed by atoms with Gasteiger partial charge in [0.1, 0.15) is 0 Å². The molecule has 14 heavy (non-hydrogen) atoms. The lowest BCUT2D eigenvalue weighted by Crippen LogP contribution is -2.32. The predicted octanol–water partition coefficient (Wildman–Crippen LogP) is 2.56. The minimum Gasteiger partial charge on any atom is -0.311 e. The van der Waals surface area contributed by atoms with Crippen molar-refractivity contribution in [2.75, 3.05) is 6.54 Å². The van der Waals surface area contributed by atoms with E-state index in [1.54, 1.807) is 0 Å². The zero-order valence-corrected chi connectivity index (χ0v) is 8.90. The quantitative estimate of drug-likeness (QED) is 0.690. The Kier molecular flexibility index (Phi) is 1.86. The molecule has 1 saturated carbocycles. The van der Waals surface area contributed by atoms with Crippen LogP contribution in [0.1, 0.15) is 24.0 Å². The smallest absolute Gasteiger partial charge is 0.0441 e. The van der Waals surface area contributed by atoms with E-state index in [0.29, 0.717) is 5.54 Å². The van der Waals surface area contributed by atoms with Crippen LogP contribution in [0, 0.1) is 0 Å². The van der Waals surface area contributed by atoms with Crippen LogP contribution in [0.15, 0.2) is 18.2 Å². The highest BCUT2D eigenvalue weighted by molar-refractivity contribution is 6.31. The molecule has 74 valence electrons. The largest absolute Gasteiger partial charge is 0.311 e. The highest BCUT2D eigenvalue weighted by Gasteiger charge is 2.43. The summed E-state index contributed by atoms with van der Waals surface area (Å²) in [5.74, 6) is 0. The Bertz CT molecular complexity index is 369. The van der Waals surface area contributed by atoms with Crippen LogP contribution >= 0.6 is 11.6 Å². The minimum atomic E-state index is 0.440. The summed E-state index contributed by atoms with van der Waals surface area (Å²) in [5.41, 5.74) is 3.26. The van der Waals surface area contributed by atoms with Crippen LogP contribution in [0.25, 0.3) is 0 Å². The molecule has 3 rings (SSSR count). The highest BCUT2D eigenvalue weighted by atomic mass is 35.5. The van der Waals surface area contributed by atoms with Crippen molar-refractivity contribution in [1.29, 1.82) is 0 Å². The van der Waals surface area contributed by atoms with Gasteiger partial charge in [-0.25, -0.2) is 0 Å². The van der Waals surface area contributed by atoms with Gasteiger partial charge < -0.3 is 5.32 Å². The molecule has 0 amide bonds. The first kappa shape index (κ1) is 8.75. The second-order valence-corrected chi connectivity index (χ2v) is 4.92. The summed E-state index contributed by atoms with van der Waals surface area (Å²) in [4.78, 5) is 0. The van der Waals surface area contributed by atoms with E-state index in [9.17, 15) is 0 Å². The van der Waals surface area contributed by atoms with Crippen molar-refractivity contribution < 1.29 is 0 Å². The van der Waals surface area contributed by atoms with E-state index < -0.39 is 0 Å². The second kappa shape index (κ2) is 2.98. The number of halogens is 1. The first-order valence-corrected chi connectivity index (χ1v) is 5.68. The molecule has 0 unspecified atom stereocenters. The van der Waals surface area contributed by atoms with Crippen LogP contribution in [0.5, 0.6) is 0 Å². The standard InChI is InChI=1S/C12H14ClN/c13-11-3-1-2-9-8-12(5-6-12)14-7-4-10(9)11/h1-3,14H,4-8H2. The van der Waals surface area contributed by atoms with Gasteiger partial charge in [0.05, 0.1) is 0 Å². The topological polar surface area (TPSA) is 12.0 Å². The fourth-order valence-electron chi connectivity index (χ4n) is 2.43. The maximum Gasteiger partial charge on any atom is 0.0441 e. The predicted molar refractivity (Wildman–Crippen MR) is 58.8 cm³/mol. The van der Waals surface area contributed by atoms with Gasteiger partial charge in [0.15, 0.2) is 0 Å².